The molecule has 0 aliphatic carbocycles. The highest BCUT2D eigenvalue weighted by Crippen LogP contribution is 2.37. The monoisotopic (exact) mass is 468 g/mol. The van der Waals surface area contributed by atoms with Crippen molar-refractivity contribution in [2.45, 2.75) is 0 Å². The van der Waals surface area contributed by atoms with E-state index < -0.39 is 17.6 Å². The highest BCUT2D eigenvalue weighted by Gasteiger charge is 2.40. The first kappa shape index (κ1) is 22.2. The number of methoxy groups -OCH3 is 2. The zero-order valence-corrected chi connectivity index (χ0v) is 19.0. The average molecular weight is 468 g/mol. The molecule has 0 radical (unpaired) electrons. The zero-order valence-electron chi connectivity index (χ0n) is 19.0. The van der Waals surface area contributed by atoms with Crippen LogP contribution in [0.15, 0.2) is 90.6 Å². The molecule has 0 fully saturated rings. The molecular formula is C28H21FN2O4. The smallest absolute Gasteiger partial charge is 0.282 e. The molecule has 0 saturated heterocycles. The van der Waals surface area contributed by atoms with Gasteiger partial charge >= 0.3 is 0 Å². The quantitative estimate of drug-likeness (QED) is 0.384. The van der Waals surface area contributed by atoms with Crippen LogP contribution in [0.3, 0.4) is 0 Å². The van der Waals surface area contributed by atoms with Crippen molar-refractivity contribution in [3.63, 3.8) is 0 Å². The summed E-state index contributed by atoms with van der Waals surface area (Å²) in [6.07, 6.45) is 0. The molecule has 2 amide bonds. The zero-order chi connectivity index (χ0) is 24.5. The maximum absolute atomic E-state index is 13.7. The number of imide groups is 1. The predicted octanol–water partition coefficient (Wildman–Crippen LogP) is 5.39. The molecule has 5 rings (SSSR count). The van der Waals surface area contributed by atoms with Gasteiger partial charge in [0.2, 0.25) is 0 Å². The van der Waals surface area contributed by atoms with Gasteiger partial charge < -0.3 is 14.8 Å². The molecule has 4 aromatic carbocycles. The average Bonchev–Trinajstić information content (AvgIpc) is 3.13. The Labute approximate surface area is 201 Å². The van der Waals surface area contributed by atoms with Crippen LogP contribution >= 0.6 is 0 Å². The molecule has 0 saturated carbocycles. The van der Waals surface area contributed by atoms with Gasteiger partial charge in [-0.25, -0.2) is 9.29 Å². The van der Waals surface area contributed by atoms with E-state index in [2.05, 4.69) is 5.32 Å². The van der Waals surface area contributed by atoms with E-state index in [4.69, 9.17) is 9.47 Å². The topological polar surface area (TPSA) is 67.9 Å². The Balaban J connectivity index is 1.66. The van der Waals surface area contributed by atoms with Crippen LogP contribution in [-0.2, 0) is 9.59 Å². The third-order valence-electron chi connectivity index (χ3n) is 5.86. The molecule has 0 unspecified atom stereocenters. The number of benzene rings is 4. The minimum absolute atomic E-state index is 0.0970. The molecule has 0 bridgehead atoms. The first-order valence-electron chi connectivity index (χ1n) is 10.9. The van der Waals surface area contributed by atoms with Crippen LogP contribution in [0.2, 0.25) is 0 Å². The van der Waals surface area contributed by atoms with E-state index in [0.717, 1.165) is 15.7 Å². The Kier molecular flexibility index (Phi) is 5.66. The van der Waals surface area contributed by atoms with Crippen LogP contribution in [0.5, 0.6) is 11.5 Å². The van der Waals surface area contributed by atoms with Crippen molar-refractivity contribution >= 4 is 39.5 Å². The van der Waals surface area contributed by atoms with Gasteiger partial charge in [-0.1, -0.05) is 48.5 Å². The van der Waals surface area contributed by atoms with Gasteiger partial charge in [0.05, 0.1) is 25.5 Å². The molecule has 35 heavy (non-hydrogen) atoms. The number of nitrogens with one attached hydrogen (secondary N) is 1. The summed E-state index contributed by atoms with van der Waals surface area (Å²) >= 11 is 0. The second kappa shape index (κ2) is 8.95. The largest absolute Gasteiger partial charge is 0.497 e. The number of carbonyl (C=O) groups is 2. The third kappa shape index (κ3) is 3.97. The van der Waals surface area contributed by atoms with Gasteiger partial charge in [0.15, 0.2) is 0 Å². The lowest BCUT2D eigenvalue weighted by molar-refractivity contribution is -0.120. The predicted molar refractivity (Wildman–Crippen MR) is 133 cm³/mol. The number of halogens is 1. The number of rotatable bonds is 6. The molecule has 4 aromatic rings. The van der Waals surface area contributed by atoms with Gasteiger partial charge in [-0.15, -0.1) is 0 Å². The summed E-state index contributed by atoms with van der Waals surface area (Å²) < 4.78 is 24.3. The minimum atomic E-state index is -0.544. The Morgan fingerprint density at radius 3 is 2.11 bits per heavy atom. The molecule has 174 valence electrons. The van der Waals surface area contributed by atoms with Crippen molar-refractivity contribution in [2.75, 3.05) is 24.4 Å². The van der Waals surface area contributed by atoms with Crippen LogP contribution in [0.1, 0.15) is 5.56 Å². The lowest BCUT2D eigenvalue weighted by Gasteiger charge is -2.17. The van der Waals surface area contributed by atoms with Crippen LogP contribution in [0, 0.1) is 5.82 Å². The second-order valence-electron chi connectivity index (χ2n) is 7.93. The highest BCUT2D eigenvalue weighted by atomic mass is 19.1. The maximum atomic E-state index is 13.7. The second-order valence-corrected chi connectivity index (χ2v) is 7.93. The van der Waals surface area contributed by atoms with Crippen LogP contribution in [0.4, 0.5) is 15.8 Å². The fraction of sp³-hybridized carbons (Fsp3) is 0.0714. The van der Waals surface area contributed by atoms with E-state index in [9.17, 15) is 14.0 Å². The Bertz CT molecular complexity index is 1470. The molecule has 0 spiro atoms. The molecule has 1 heterocycles. The molecule has 1 aliphatic heterocycles. The number of fused-ring (bicyclic) bond motifs is 1. The summed E-state index contributed by atoms with van der Waals surface area (Å²) in [6.45, 7) is 0. The van der Waals surface area contributed by atoms with Gasteiger partial charge in [0, 0.05) is 29.3 Å². The number of anilines is 2. The summed E-state index contributed by atoms with van der Waals surface area (Å²) in [5.74, 6) is -0.668. The molecule has 1 aliphatic rings. The number of hydrogen-bond acceptors (Lipinski definition) is 5. The van der Waals surface area contributed by atoms with Crippen molar-refractivity contribution in [3.8, 4) is 11.5 Å². The fourth-order valence-corrected chi connectivity index (χ4v) is 4.16. The lowest BCUT2D eigenvalue weighted by atomic mass is 10.0. The fourth-order valence-electron chi connectivity index (χ4n) is 4.16. The van der Waals surface area contributed by atoms with Crippen molar-refractivity contribution in [3.05, 3.63) is 102 Å². The summed E-state index contributed by atoms with van der Waals surface area (Å²) in [4.78, 5) is 28.5. The van der Waals surface area contributed by atoms with Gasteiger partial charge in [-0.05, 0) is 29.1 Å². The van der Waals surface area contributed by atoms with Crippen molar-refractivity contribution in [2.24, 2.45) is 0 Å². The van der Waals surface area contributed by atoms with E-state index in [1.165, 1.54) is 38.5 Å². The SMILES string of the molecule is COc1cc(OC)cc(N2C(=O)C(Nc3cccc4ccccc34)=C(c3ccc(F)cc3)C2=O)c1. The first-order chi connectivity index (χ1) is 17.0. The van der Waals surface area contributed by atoms with E-state index >= 15 is 0 Å². The number of nitrogens with zero attached hydrogens (tertiary/aromatic N) is 1. The summed E-state index contributed by atoms with van der Waals surface area (Å²) in [5.41, 5.74) is 1.63. The van der Waals surface area contributed by atoms with Crippen molar-refractivity contribution < 1.29 is 23.5 Å². The van der Waals surface area contributed by atoms with Crippen LogP contribution in [-0.4, -0.2) is 26.0 Å². The van der Waals surface area contributed by atoms with E-state index in [0.29, 0.717) is 28.4 Å². The highest BCUT2D eigenvalue weighted by molar-refractivity contribution is 6.46. The van der Waals surface area contributed by atoms with Crippen LogP contribution < -0.4 is 19.7 Å². The summed E-state index contributed by atoms with van der Waals surface area (Å²) in [7, 11) is 2.98. The lowest BCUT2D eigenvalue weighted by Crippen LogP contribution is -2.32. The summed E-state index contributed by atoms with van der Waals surface area (Å²) in [6, 6.07) is 23.7. The van der Waals surface area contributed by atoms with Crippen molar-refractivity contribution in [1.82, 2.24) is 0 Å². The number of ether oxygens (including phenoxy) is 2. The third-order valence-corrected chi connectivity index (χ3v) is 5.86. The Hall–Kier alpha value is -4.65. The normalized spacial score (nSPS) is 13.5. The van der Waals surface area contributed by atoms with Gasteiger partial charge in [-0.3, -0.25) is 9.59 Å². The Morgan fingerprint density at radius 1 is 0.771 bits per heavy atom. The van der Waals surface area contributed by atoms with Gasteiger partial charge in [-0.2, -0.15) is 0 Å². The number of hydrogen-bond donors (Lipinski definition) is 1. The molecule has 0 aromatic heterocycles. The Morgan fingerprint density at radius 2 is 1.43 bits per heavy atom. The van der Waals surface area contributed by atoms with Crippen LogP contribution in [0.25, 0.3) is 16.3 Å². The van der Waals surface area contributed by atoms with Crippen molar-refractivity contribution in [1.29, 1.82) is 0 Å². The maximum Gasteiger partial charge on any atom is 0.282 e. The molecular weight excluding hydrogens is 447 g/mol. The van der Waals surface area contributed by atoms with E-state index in [-0.39, 0.29) is 11.3 Å². The number of amides is 2. The standard InChI is InChI=1S/C28H21FN2O4/c1-34-21-14-20(15-22(16-21)35-2)31-27(32)25(18-10-12-19(29)13-11-18)26(28(31)33)30-24-9-5-7-17-6-3-4-8-23(17)24/h3-16,30H,1-2H3. The molecule has 7 heteroatoms. The summed E-state index contributed by atoms with van der Waals surface area (Å²) in [5, 5.41) is 5.07. The molecule has 1 N–H and O–H groups in total. The molecule has 6 nitrogen and oxygen atoms in total. The number of carbonyl (C=O) groups excluding carboxylic acids is 2. The van der Waals surface area contributed by atoms with Gasteiger partial charge in [0.25, 0.3) is 11.8 Å². The first-order valence-corrected chi connectivity index (χ1v) is 10.9. The van der Waals surface area contributed by atoms with E-state index in [1.54, 1.807) is 18.2 Å². The molecule has 0 atom stereocenters. The van der Waals surface area contributed by atoms with E-state index in [1.807, 2.05) is 42.5 Å². The minimum Gasteiger partial charge on any atom is -0.497 e. The van der Waals surface area contributed by atoms with Gasteiger partial charge in [0.1, 0.15) is 23.0 Å².